The van der Waals surface area contributed by atoms with Gasteiger partial charge in [0.25, 0.3) is 0 Å². The number of amides is 1. The number of rotatable bonds is 4. The van der Waals surface area contributed by atoms with Crippen LogP contribution < -0.4 is 4.90 Å². The molecule has 0 N–H and O–H groups in total. The molecule has 0 aromatic carbocycles. The van der Waals surface area contributed by atoms with Crippen molar-refractivity contribution in [2.45, 2.75) is 13.3 Å². The highest BCUT2D eigenvalue weighted by Gasteiger charge is 2.33. The fourth-order valence-electron chi connectivity index (χ4n) is 2.21. The van der Waals surface area contributed by atoms with E-state index in [0.717, 1.165) is 4.88 Å². The standard InChI is InChI=1S/C12H14N4O3S/c1-7-3-9(12(18)19-2)11(20-7)16-6-8(4-10(16)17)5-14-15-13/h3,8H,4-6H2,1-2H3. The predicted octanol–water partition coefficient (Wildman–Crippen LogP) is 2.51. The molecule has 7 nitrogen and oxygen atoms in total. The molecule has 8 heteroatoms. The van der Waals surface area contributed by atoms with Crippen molar-refractivity contribution in [2.75, 3.05) is 25.1 Å². The molecule has 1 amide bonds. The summed E-state index contributed by atoms with van der Waals surface area (Å²) in [6.07, 6.45) is 0.330. The first-order chi connectivity index (χ1) is 9.56. The Bertz CT molecular complexity index is 592. The summed E-state index contributed by atoms with van der Waals surface area (Å²) in [6.45, 7) is 2.62. The maximum atomic E-state index is 12.1. The van der Waals surface area contributed by atoms with E-state index >= 15 is 0 Å². The second-order valence-electron chi connectivity index (χ2n) is 4.56. The van der Waals surface area contributed by atoms with Gasteiger partial charge in [-0.2, -0.15) is 0 Å². The maximum absolute atomic E-state index is 12.1. The van der Waals surface area contributed by atoms with Crippen LogP contribution in [0.1, 0.15) is 21.7 Å². The second kappa shape index (κ2) is 5.94. The number of hydrogen-bond acceptors (Lipinski definition) is 5. The number of methoxy groups -OCH3 is 1. The Morgan fingerprint density at radius 3 is 3.10 bits per heavy atom. The minimum Gasteiger partial charge on any atom is -0.465 e. The molecule has 1 saturated heterocycles. The third-order valence-electron chi connectivity index (χ3n) is 3.09. The summed E-state index contributed by atoms with van der Waals surface area (Å²) in [5, 5.41) is 4.12. The quantitative estimate of drug-likeness (QED) is 0.369. The van der Waals surface area contributed by atoms with Gasteiger partial charge >= 0.3 is 5.97 Å². The average molecular weight is 294 g/mol. The predicted molar refractivity (Wildman–Crippen MR) is 74.9 cm³/mol. The molecule has 1 aromatic rings. The molecule has 20 heavy (non-hydrogen) atoms. The molecule has 0 bridgehead atoms. The number of carbonyl (C=O) groups is 2. The first kappa shape index (κ1) is 14.4. The molecule has 0 aliphatic carbocycles. The Morgan fingerprint density at radius 2 is 2.45 bits per heavy atom. The van der Waals surface area contributed by atoms with Gasteiger partial charge in [-0.3, -0.25) is 4.79 Å². The van der Waals surface area contributed by atoms with Gasteiger partial charge in [0, 0.05) is 29.3 Å². The van der Waals surface area contributed by atoms with Crippen LogP contribution in [0.2, 0.25) is 0 Å². The van der Waals surface area contributed by atoms with Crippen molar-refractivity contribution < 1.29 is 14.3 Å². The molecule has 1 aliphatic rings. The summed E-state index contributed by atoms with van der Waals surface area (Å²) in [5.74, 6) is -0.517. The van der Waals surface area contributed by atoms with Crippen molar-refractivity contribution in [2.24, 2.45) is 11.0 Å². The molecule has 0 saturated carbocycles. The Balaban J connectivity index is 2.25. The number of carbonyl (C=O) groups excluding carboxylic acids is 2. The average Bonchev–Trinajstić information content (AvgIpc) is 2.98. The lowest BCUT2D eigenvalue weighted by Crippen LogP contribution is -2.25. The number of azide groups is 1. The third kappa shape index (κ3) is 2.76. The first-order valence-corrected chi connectivity index (χ1v) is 6.88. The zero-order chi connectivity index (χ0) is 14.7. The van der Waals surface area contributed by atoms with Crippen LogP contribution >= 0.6 is 11.3 Å². The SMILES string of the molecule is COC(=O)c1cc(C)sc1N1CC(CN=[N+]=[N-])CC1=O. The van der Waals surface area contributed by atoms with E-state index in [0.29, 0.717) is 23.5 Å². The fourth-order valence-corrected chi connectivity index (χ4v) is 3.23. The number of nitrogens with zero attached hydrogens (tertiary/aromatic N) is 4. The lowest BCUT2D eigenvalue weighted by Gasteiger charge is -2.15. The first-order valence-electron chi connectivity index (χ1n) is 6.06. The zero-order valence-corrected chi connectivity index (χ0v) is 12.0. The molecule has 0 spiro atoms. The second-order valence-corrected chi connectivity index (χ2v) is 5.79. The van der Waals surface area contributed by atoms with Crippen LogP contribution in [0.25, 0.3) is 10.4 Å². The normalized spacial score (nSPS) is 18.0. The number of anilines is 1. The van der Waals surface area contributed by atoms with E-state index in [9.17, 15) is 9.59 Å². The lowest BCUT2D eigenvalue weighted by atomic mass is 10.1. The topological polar surface area (TPSA) is 95.4 Å². The summed E-state index contributed by atoms with van der Waals surface area (Å²) in [4.78, 5) is 29.0. The van der Waals surface area contributed by atoms with E-state index < -0.39 is 5.97 Å². The van der Waals surface area contributed by atoms with E-state index in [1.54, 1.807) is 11.0 Å². The van der Waals surface area contributed by atoms with E-state index in [1.165, 1.54) is 18.4 Å². The van der Waals surface area contributed by atoms with E-state index in [-0.39, 0.29) is 18.4 Å². The van der Waals surface area contributed by atoms with Crippen molar-refractivity contribution >= 4 is 28.2 Å². The van der Waals surface area contributed by atoms with Crippen molar-refractivity contribution in [3.8, 4) is 0 Å². The van der Waals surface area contributed by atoms with Crippen LogP contribution in [0, 0.1) is 12.8 Å². The minimum absolute atomic E-state index is 0.00805. The van der Waals surface area contributed by atoms with Crippen molar-refractivity contribution in [3.05, 3.63) is 26.9 Å². The van der Waals surface area contributed by atoms with Gasteiger partial charge in [0.2, 0.25) is 5.91 Å². The summed E-state index contributed by atoms with van der Waals surface area (Å²) >= 11 is 1.39. The highest BCUT2D eigenvalue weighted by molar-refractivity contribution is 7.16. The van der Waals surface area contributed by atoms with Crippen LogP contribution in [0.15, 0.2) is 11.2 Å². The minimum atomic E-state index is -0.448. The summed E-state index contributed by atoms with van der Waals surface area (Å²) < 4.78 is 4.74. The van der Waals surface area contributed by atoms with E-state index in [1.807, 2.05) is 6.92 Å². The molecular weight excluding hydrogens is 280 g/mol. The summed E-state index contributed by atoms with van der Waals surface area (Å²) in [6, 6.07) is 1.72. The fraction of sp³-hybridized carbons (Fsp3) is 0.500. The van der Waals surface area contributed by atoms with Crippen LogP contribution in [0.5, 0.6) is 0 Å². The van der Waals surface area contributed by atoms with Crippen LogP contribution in [0.4, 0.5) is 5.00 Å². The number of thiophene rings is 1. The zero-order valence-electron chi connectivity index (χ0n) is 11.2. The Labute approximate surface area is 119 Å². The lowest BCUT2D eigenvalue weighted by molar-refractivity contribution is -0.117. The van der Waals surface area contributed by atoms with Gasteiger partial charge in [-0.15, -0.1) is 11.3 Å². The van der Waals surface area contributed by atoms with Gasteiger partial charge in [0.1, 0.15) is 5.00 Å². The van der Waals surface area contributed by atoms with Gasteiger partial charge in [0.05, 0.1) is 12.7 Å². The number of ether oxygens (including phenoxy) is 1. The number of hydrogen-bond donors (Lipinski definition) is 0. The molecule has 1 atom stereocenters. The Kier molecular flexibility index (Phi) is 4.26. The Hall–Kier alpha value is -2.05. The molecule has 1 unspecified atom stereocenters. The molecule has 1 fully saturated rings. The van der Waals surface area contributed by atoms with Gasteiger partial charge in [-0.1, -0.05) is 5.11 Å². The molecule has 2 heterocycles. The van der Waals surface area contributed by atoms with Crippen LogP contribution in [0.3, 0.4) is 0 Å². The van der Waals surface area contributed by atoms with E-state index in [2.05, 4.69) is 10.0 Å². The largest absolute Gasteiger partial charge is 0.465 e. The third-order valence-corrected chi connectivity index (χ3v) is 4.17. The molecule has 0 radical (unpaired) electrons. The molecule has 106 valence electrons. The van der Waals surface area contributed by atoms with Crippen molar-refractivity contribution in [3.63, 3.8) is 0 Å². The molecule has 1 aliphatic heterocycles. The Morgan fingerprint density at radius 1 is 1.70 bits per heavy atom. The van der Waals surface area contributed by atoms with Crippen LogP contribution in [-0.4, -0.2) is 32.1 Å². The summed E-state index contributed by atoms with van der Waals surface area (Å²) in [5.41, 5.74) is 8.74. The molecule has 1 aromatic heterocycles. The van der Waals surface area contributed by atoms with Gasteiger partial charge in [-0.05, 0) is 24.4 Å². The van der Waals surface area contributed by atoms with Crippen molar-refractivity contribution in [1.82, 2.24) is 0 Å². The van der Waals surface area contributed by atoms with Gasteiger partial charge < -0.3 is 9.64 Å². The monoisotopic (exact) mass is 294 g/mol. The van der Waals surface area contributed by atoms with Gasteiger partial charge in [0.15, 0.2) is 0 Å². The number of esters is 1. The molecular formula is C12H14N4O3S. The smallest absolute Gasteiger partial charge is 0.340 e. The van der Waals surface area contributed by atoms with E-state index in [4.69, 9.17) is 10.3 Å². The number of aryl methyl sites for hydroxylation is 1. The van der Waals surface area contributed by atoms with Crippen molar-refractivity contribution in [1.29, 1.82) is 0 Å². The maximum Gasteiger partial charge on any atom is 0.340 e. The summed E-state index contributed by atoms with van der Waals surface area (Å²) in [7, 11) is 1.31. The highest BCUT2D eigenvalue weighted by Crippen LogP contribution is 2.35. The van der Waals surface area contributed by atoms with Gasteiger partial charge in [-0.25, -0.2) is 4.79 Å². The highest BCUT2D eigenvalue weighted by atomic mass is 32.1. The van der Waals surface area contributed by atoms with Crippen LogP contribution in [-0.2, 0) is 9.53 Å². The molecule has 2 rings (SSSR count).